The Labute approximate surface area is 140 Å². The smallest absolute Gasteiger partial charge is 0.246 e. The van der Waals surface area contributed by atoms with E-state index in [9.17, 15) is 0 Å². The molecule has 0 spiro atoms. The van der Waals surface area contributed by atoms with Crippen molar-refractivity contribution in [3.8, 4) is 0 Å². The lowest BCUT2D eigenvalue weighted by atomic mass is 10.4. The monoisotopic (exact) mass is 405 g/mol. The summed E-state index contributed by atoms with van der Waals surface area (Å²) < 4.78 is 6.92. The molecule has 2 N–H and O–H groups in total. The van der Waals surface area contributed by atoms with Crippen LogP contribution in [0.1, 0.15) is 18.1 Å². The van der Waals surface area contributed by atoms with E-state index in [2.05, 4.69) is 30.9 Å². The molecule has 0 aliphatic heterocycles. The Kier molecular flexibility index (Phi) is 7.72. The zero-order valence-electron chi connectivity index (χ0n) is 12.1. The standard InChI is InChI=1S/C12H19N7O.HI/c1-10-17-11(20-18-10)9-15-12(13-2)14-5-3-7-19-8-4-6-16-19;/h4,6,8H,3,5,7,9H2,1-2H3,(H2,13,14,15);1H. The van der Waals surface area contributed by atoms with Crippen LogP contribution >= 0.6 is 24.0 Å². The topological polar surface area (TPSA) is 93.2 Å². The van der Waals surface area contributed by atoms with E-state index in [1.807, 2.05) is 16.9 Å². The van der Waals surface area contributed by atoms with Gasteiger partial charge in [-0.05, 0) is 19.4 Å². The lowest BCUT2D eigenvalue weighted by Gasteiger charge is -2.10. The van der Waals surface area contributed by atoms with Gasteiger partial charge in [-0.25, -0.2) is 0 Å². The Morgan fingerprint density at radius 2 is 2.29 bits per heavy atom. The third kappa shape index (κ3) is 6.10. The minimum absolute atomic E-state index is 0. The second-order valence-corrected chi connectivity index (χ2v) is 4.21. The van der Waals surface area contributed by atoms with E-state index in [1.54, 1.807) is 20.2 Å². The summed E-state index contributed by atoms with van der Waals surface area (Å²) >= 11 is 0. The highest BCUT2D eigenvalue weighted by molar-refractivity contribution is 14.0. The molecule has 9 heteroatoms. The molecule has 0 saturated heterocycles. The highest BCUT2D eigenvalue weighted by Gasteiger charge is 2.03. The van der Waals surface area contributed by atoms with Crippen LogP contribution in [-0.4, -0.2) is 39.5 Å². The summed E-state index contributed by atoms with van der Waals surface area (Å²) in [6.45, 7) is 3.93. The molecular formula is C12H20IN7O. The first-order valence-corrected chi connectivity index (χ1v) is 6.49. The van der Waals surface area contributed by atoms with Gasteiger partial charge in [0.1, 0.15) is 0 Å². The Morgan fingerprint density at radius 1 is 1.43 bits per heavy atom. The molecule has 0 unspecified atom stereocenters. The van der Waals surface area contributed by atoms with Gasteiger partial charge < -0.3 is 15.2 Å². The average molecular weight is 405 g/mol. The lowest BCUT2D eigenvalue weighted by molar-refractivity contribution is 0.371. The molecule has 21 heavy (non-hydrogen) atoms. The van der Waals surface area contributed by atoms with Gasteiger partial charge in [0.2, 0.25) is 5.89 Å². The van der Waals surface area contributed by atoms with Gasteiger partial charge in [-0.3, -0.25) is 9.67 Å². The van der Waals surface area contributed by atoms with E-state index < -0.39 is 0 Å². The number of aromatic nitrogens is 4. The number of aryl methyl sites for hydroxylation is 2. The van der Waals surface area contributed by atoms with Crippen molar-refractivity contribution in [2.24, 2.45) is 4.99 Å². The number of halogens is 1. The summed E-state index contributed by atoms with van der Waals surface area (Å²) in [5, 5.41) is 14.2. The molecule has 2 rings (SSSR count). The minimum atomic E-state index is 0. The summed E-state index contributed by atoms with van der Waals surface area (Å²) in [6, 6.07) is 1.92. The molecule has 0 aliphatic rings. The fourth-order valence-corrected chi connectivity index (χ4v) is 1.67. The molecule has 0 amide bonds. The van der Waals surface area contributed by atoms with Crippen LogP contribution in [0, 0.1) is 6.92 Å². The van der Waals surface area contributed by atoms with Crippen molar-refractivity contribution in [1.82, 2.24) is 30.6 Å². The van der Waals surface area contributed by atoms with E-state index in [0.717, 1.165) is 19.5 Å². The lowest BCUT2D eigenvalue weighted by Crippen LogP contribution is -2.37. The van der Waals surface area contributed by atoms with E-state index >= 15 is 0 Å². The molecule has 0 aromatic carbocycles. The predicted octanol–water partition coefficient (Wildman–Crippen LogP) is 0.948. The van der Waals surface area contributed by atoms with Crippen molar-refractivity contribution in [1.29, 1.82) is 0 Å². The molecule has 0 saturated carbocycles. The van der Waals surface area contributed by atoms with Gasteiger partial charge in [0, 0.05) is 32.5 Å². The number of aliphatic imine (C=N–C) groups is 1. The molecule has 0 atom stereocenters. The summed E-state index contributed by atoms with van der Waals surface area (Å²) in [5.74, 6) is 1.88. The van der Waals surface area contributed by atoms with Crippen LogP contribution < -0.4 is 10.6 Å². The summed E-state index contributed by atoms with van der Waals surface area (Å²) in [7, 11) is 1.72. The van der Waals surface area contributed by atoms with Crippen LogP contribution in [0.25, 0.3) is 0 Å². The van der Waals surface area contributed by atoms with Gasteiger partial charge in [0.15, 0.2) is 11.8 Å². The number of hydrogen-bond donors (Lipinski definition) is 2. The first kappa shape index (κ1) is 17.4. The van der Waals surface area contributed by atoms with Gasteiger partial charge in [0.05, 0.1) is 6.54 Å². The minimum Gasteiger partial charge on any atom is -0.356 e. The van der Waals surface area contributed by atoms with Crippen LogP contribution in [0.4, 0.5) is 0 Å². The van der Waals surface area contributed by atoms with Gasteiger partial charge in [-0.15, -0.1) is 24.0 Å². The van der Waals surface area contributed by atoms with E-state index in [4.69, 9.17) is 4.52 Å². The van der Waals surface area contributed by atoms with Crippen LogP contribution in [-0.2, 0) is 13.1 Å². The van der Waals surface area contributed by atoms with E-state index in [0.29, 0.717) is 24.2 Å². The SMILES string of the molecule is CN=C(NCCCn1cccn1)NCc1nc(C)no1.I. The Balaban J connectivity index is 0.00000220. The third-order valence-electron chi connectivity index (χ3n) is 2.62. The summed E-state index contributed by atoms with van der Waals surface area (Å²) in [4.78, 5) is 8.24. The normalized spacial score (nSPS) is 11.0. The summed E-state index contributed by atoms with van der Waals surface area (Å²) in [6.07, 6.45) is 4.69. The zero-order chi connectivity index (χ0) is 14.2. The van der Waals surface area contributed by atoms with Crippen LogP contribution in [0.3, 0.4) is 0 Å². The molecule has 8 nitrogen and oxygen atoms in total. The molecule has 0 aliphatic carbocycles. The van der Waals surface area contributed by atoms with Crippen LogP contribution in [0.5, 0.6) is 0 Å². The van der Waals surface area contributed by atoms with Crippen LogP contribution in [0.15, 0.2) is 28.0 Å². The molecule has 2 aromatic heterocycles. The van der Waals surface area contributed by atoms with Crippen molar-refractivity contribution < 1.29 is 4.52 Å². The number of guanidine groups is 1. The number of nitrogens with one attached hydrogen (secondary N) is 2. The Bertz CT molecular complexity index is 538. The Morgan fingerprint density at radius 3 is 2.90 bits per heavy atom. The molecule has 0 radical (unpaired) electrons. The van der Waals surface area contributed by atoms with Gasteiger partial charge in [-0.1, -0.05) is 5.16 Å². The van der Waals surface area contributed by atoms with Crippen molar-refractivity contribution in [3.05, 3.63) is 30.2 Å². The number of rotatable bonds is 6. The van der Waals surface area contributed by atoms with Crippen molar-refractivity contribution in [2.75, 3.05) is 13.6 Å². The van der Waals surface area contributed by atoms with E-state index in [-0.39, 0.29) is 24.0 Å². The van der Waals surface area contributed by atoms with Crippen molar-refractivity contribution >= 4 is 29.9 Å². The number of hydrogen-bond acceptors (Lipinski definition) is 5. The highest BCUT2D eigenvalue weighted by Crippen LogP contribution is 1.94. The highest BCUT2D eigenvalue weighted by atomic mass is 127. The second kappa shape index (κ2) is 9.32. The maximum absolute atomic E-state index is 5.02. The van der Waals surface area contributed by atoms with Crippen molar-refractivity contribution in [2.45, 2.75) is 26.4 Å². The van der Waals surface area contributed by atoms with Gasteiger partial charge in [0.25, 0.3) is 0 Å². The molecule has 0 bridgehead atoms. The summed E-state index contributed by atoms with van der Waals surface area (Å²) in [5.41, 5.74) is 0. The zero-order valence-corrected chi connectivity index (χ0v) is 14.4. The molecule has 2 aromatic rings. The fourth-order valence-electron chi connectivity index (χ4n) is 1.67. The van der Waals surface area contributed by atoms with Gasteiger partial charge >= 0.3 is 0 Å². The van der Waals surface area contributed by atoms with E-state index in [1.165, 1.54) is 0 Å². The van der Waals surface area contributed by atoms with Crippen molar-refractivity contribution in [3.63, 3.8) is 0 Å². The number of nitrogens with zero attached hydrogens (tertiary/aromatic N) is 5. The molecule has 116 valence electrons. The molecule has 0 fully saturated rings. The van der Waals surface area contributed by atoms with Crippen LogP contribution in [0.2, 0.25) is 0 Å². The predicted molar refractivity (Wildman–Crippen MR) is 89.5 cm³/mol. The molecular weight excluding hydrogens is 385 g/mol. The third-order valence-corrected chi connectivity index (χ3v) is 2.62. The maximum atomic E-state index is 5.02. The quantitative estimate of drug-likeness (QED) is 0.322. The first-order valence-electron chi connectivity index (χ1n) is 6.49. The van der Waals surface area contributed by atoms with Gasteiger partial charge in [-0.2, -0.15) is 10.1 Å². The Hall–Kier alpha value is -1.65. The largest absolute Gasteiger partial charge is 0.356 e. The second-order valence-electron chi connectivity index (χ2n) is 4.21. The fraction of sp³-hybridized carbons (Fsp3) is 0.500. The molecule has 2 heterocycles. The maximum Gasteiger partial charge on any atom is 0.246 e. The average Bonchev–Trinajstić information content (AvgIpc) is 3.09. The first-order chi connectivity index (χ1) is 9.78.